The van der Waals surface area contributed by atoms with E-state index in [1.165, 1.54) is 19.2 Å². The van der Waals surface area contributed by atoms with E-state index in [4.69, 9.17) is 9.47 Å². The number of fused-ring (bicyclic) bond motifs is 1. The van der Waals surface area contributed by atoms with Gasteiger partial charge in [0.05, 0.1) is 13.0 Å². The maximum absolute atomic E-state index is 13.1. The number of halogens is 1. The maximum atomic E-state index is 13.1. The van der Waals surface area contributed by atoms with Crippen molar-refractivity contribution < 1.29 is 18.7 Å². The van der Waals surface area contributed by atoms with Crippen molar-refractivity contribution in [3.63, 3.8) is 0 Å². The molecule has 5 heteroatoms. The Morgan fingerprint density at radius 3 is 3.05 bits per heavy atom. The molecule has 0 saturated heterocycles. The summed E-state index contributed by atoms with van der Waals surface area (Å²) in [5.74, 6) is 0.132. The molecule has 20 heavy (non-hydrogen) atoms. The van der Waals surface area contributed by atoms with Gasteiger partial charge in [-0.15, -0.1) is 0 Å². The summed E-state index contributed by atoms with van der Waals surface area (Å²) >= 11 is 0. The molecule has 1 aliphatic heterocycles. The highest BCUT2D eigenvalue weighted by atomic mass is 19.1. The minimum atomic E-state index is -0.235. The topological polar surface area (TPSA) is 38.8 Å². The predicted octanol–water partition coefficient (Wildman–Crippen LogP) is 1.87. The van der Waals surface area contributed by atoms with E-state index in [1.54, 1.807) is 6.07 Å². The van der Waals surface area contributed by atoms with Gasteiger partial charge in [-0.1, -0.05) is 6.92 Å². The Labute approximate surface area is 118 Å². The van der Waals surface area contributed by atoms with E-state index in [0.717, 1.165) is 11.3 Å². The molecule has 0 amide bonds. The molecule has 110 valence electrons. The van der Waals surface area contributed by atoms with Gasteiger partial charge in [0, 0.05) is 25.1 Å². The molecule has 0 saturated carbocycles. The number of nitrogens with zero attached hydrogens (tertiary/aromatic N) is 1. The number of benzene rings is 1. The van der Waals surface area contributed by atoms with Crippen molar-refractivity contribution in [3.05, 3.63) is 29.6 Å². The third kappa shape index (κ3) is 3.48. The van der Waals surface area contributed by atoms with Crippen LogP contribution in [0.5, 0.6) is 5.75 Å². The van der Waals surface area contributed by atoms with Crippen LogP contribution in [0.25, 0.3) is 0 Å². The quantitative estimate of drug-likeness (QED) is 0.772. The number of likely N-dealkylation sites (N-methyl/N-ethyl adjacent to an activating group) is 1. The lowest BCUT2D eigenvalue weighted by Gasteiger charge is -2.22. The van der Waals surface area contributed by atoms with Crippen molar-refractivity contribution in [3.8, 4) is 5.75 Å². The van der Waals surface area contributed by atoms with Gasteiger partial charge < -0.3 is 14.4 Å². The molecule has 1 aliphatic rings. The van der Waals surface area contributed by atoms with Gasteiger partial charge in [-0.05, 0) is 25.2 Å². The number of hydrogen-bond acceptors (Lipinski definition) is 4. The van der Waals surface area contributed by atoms with E-state index < -0.39 is 0 Å². The van der Waals surface area contributed by atoms with Crippen LogP contribution in [-0.4, -0.2) is 44.2 Å². The molecule has 1 aromatic carbocycles. The molecule has 1 heterocycles. The van der Waals surface area contributed by atoms with Gasteiger partial charge >= 0.3 is 5.97 Å². The first-order chi connectivity index (χ1) is 9.49. The summed E-state index contributed by atoms with van der Waals surface area (Å²) in [7, 11) is 3.33. The zero-order valence-electron chi connectivity index (χ0n) is 12.1. The number of carbonyl (C=O) groups is 1. The Morgan fingerprint density at radius 1 is 1.60 bits per heavy atom. The average molecular weight is 281 g/mol. The van der Waals surface area contributed by atoms with E-state index >= 15 is 0 Å². The zero-order valence-corrected chi connectivity index (χ0v) is 12.1. The monoisotopic (exact) mass is 281 g/mol. The van der Waals surface area contributed by atoms with E-state index in [9.17, 15) is 9.18 Å². The number of ether oxygens (including phenoxy) is 2. The molecule has 0 bridgehead atoms. The standard InChI is InChI=1S/C15H20FNO3/c1-10(15(18)19-3)8-17(2)9-13-7-11-6-12(16)4-5-14(11)20-13/h4-6,10,13H,7-9H2,1-3H3. The molecule has 0 fully saturated rings. The third-order valence-electron chi connectivity index (χ3n) is 3.47. The number of methoxy groups -OCH3 is 1. The highest BCUT2D eigenvalue weighted by Crippen LogP contribution is 2.29. The second kappa shape index (κ2) is 6.22. The second-order valence-corrected chi connectivity index (χ2v) is 5.34. The summed E-state index contributed by atoms with van der Waals surface area (Å²) in [6.07, 6.45) is 0.700. The molecule has 0 aliphatic carbocycles. The van der Waals surface area contributed by atoms with Crippen molar-refractivity contribution in [1.82, 2.24) is 4.90 Å². The fourth-order valence-electron chi connectivity index (χ4n) is 2.56. The molecule has 2 unspecified atom stereocenters. The Hall–Kier alpha value is -1.62. The molecule has 2 rings (SSSR count). The van der Waals surface area contributed by atoms with Gasteiger partial charge in [0.15, 0.2) is 0 Å². The lowest BCUT2D eigenvalue weighted by molar-refractivity contribution is -0.145. The number of carbonyl (C=O) groups excluding carboxylic acids is 1. The third-order valence-corrected chi connectivity index (χ3v) is 3.47. The minimum absolute atomic E-state index is 0.00152. The van der Waals surface area contributed by atoms with Gasteiger partial charge in [-0.3, -0.25) is 4.79 Å². The van der Waals surface area contributed by atoms with Crippen molar-refractivity contribution in [2.24, 2.45) is 5.92 Å². The van der Waals surface area contributed by atoms with Gasteiger partial charge in [0.25, 0.3) is 0 Å². The first-order valence-corrected chi connectivity index (χ1v) is 6.71. The summed E-state index contributed by atoms with van der Waals surface area (Å²) in [4.78, 5) is 13.4. The molecule has 1 aromatic rings. The Kier molecular flexibility index (Phi) is 4.60. The highest BCUT2D eigenvalue weighted by molar-refractivity contribution is 5.72. The summed E-state index contributed by atoms with van der Waals surface area (Å²) in [5, 5.41) is 0. The van der Waals surface area contributed by atoms with Crippen molar-refractivity contribution in [2.75, 3.05) is 27.2 Å². The molecule has 0 N–H and O–H groups in total. The largest absolute Gasteiger partial charge is 0.488 e. The lowest BCUT2D eigenvalue weighted by Crippen LogP contribution is -2.36. The minimum Gasteiger partial charge on any atom is -0.488 e. The van der Waals surface area contributed by atoms with Gasteiger partial charge in [-0.2, -0.15) is 0 Å². The fourth-order valence-corrected chi connectivity index (χ4v) is 2.56. The van der Waals surface area contributed by atoms with E-state index in [2.05, 4.69) is 0 Å². The van der Waals surface area contributed by atoms with E-state index in [0.29, 0.717) is 19.5 Å². The number of esters is 1. The van der Waals surface area contributed by atoms with Crippen LogP contribution in [0.1, 0.15) is 12.5 Å². The highest BCUT2D eigenvalue weighted by Gasteiger charge is 2.25. The number of rotatable bonds is 5. The van der Waals surface area contributed by atoms with Crippen LogP contribution in [0.15, 0.2) is 18.2 Å². The summed E-state index contributed by atoms with van der Waals surface area (Å²) in [6.45, 7) is 3.14. The first-order valence-electron chi connectivity index (χ1n) is 6.71. The molecule has 0 radical (unpaired) electrons. The SMILES string of the molecule is COC(=O)C(C)CN(C)CC1Cc2cc(F)ccc2O1. The molecule has 4 nitrogen and oxygen atoms in total. The average Bonchev–Trinajstić information content (AvgIpc) is 2.78. The second-order valence-electron chi connectivity index (χ2n) is 5.34. The van der Waals surface area contributed by atoms with Crippen LogP contribution in [0, 0.1) is 11.7 Å². The van der Waals surface area contributed by atoms with E-state index in [1.807, 2.05) is 18.9 Å². The van der Waals surface area contributed by atoms with Crippen LogP contribution < -0.4 is 4.74 Å². The van der Waals surface area contributed by atoms with Crippen LogP contribution in [0.2, 0.25) is 0 Å². The van der Waals surface area contributed by atoms with Gasteiger partial charge in [0.1, 0.15) is 17.7 Å². The summed E-state index contributed by atoms with van der Waals surface area (Å²) in [5.41, 5.74) is 0.907. The van der Waals surface area contributed by atoms with Gasteiger partial charge in [0.2, 0.25) is 0 Å². The van der Waals surface area contributed by atoms with Gasteiger partial charge in [-0.25, -0.2) is 4.39 Å². The Morgan fingerprint density at radius 2 is 2.35 bits per heavy atom. The van der Waals surface area contributed by atoms with Crippen molar-refractivity contribution in [2.45, 2.75) is 19.4 Å². The van der Waals surface area contributed by atoms with Crippen molar-refractivity contribution in [1.29, 1.82) is 0 Å². The van der Waals surface area contributed by atoms with Crippen LogP contribution in [0.4, 0.5) is 4.39 Å². The summed E-state index contributed by atoms with van der Waals surface area (Å²) in [6, 6.07) is 4.60. The van der Waals surface area contributed by atoms with Crippen molar-refractivity contribution >= 4 is 5.97 Å². The number of hydrogen-bond donors (Lipinski definition) is 0. The Balaban J connectivity index is 1.85. The van der Waals surface area contributed by atoms with E-state index in [-0.39, 0.29) is 23.8 Å². The molecule has 2 atom stereocenters. The first kappa shape index (κ1) is 14.8. The fraction of sp³-hybridized carbons (Fsp3) is 0.533. The predicted molar refractivity (Wildman–Crippen MR) is 73.2 cm³/mol. The van der Waals surface area contributed by atoms with Crippen LogP contribution in [0.3, 0.4) is 0 Å². The lowest BCUT2D eigenvalue weighted by atomic mass is 10.1. The maximum Gasteiger partial charge on any atom is 0.309 e. The Bertz CT molecular complexity index is 492. The normalized spacial score (nSPS) is 18.6. The molecular weight excluding hydrogens is 261 g/mol. The van der Waals surface area contributed by atoms with Crippen LogP contribution >= 0.6 is 0 Å². The molecular formula is C15H20FNO3. The molecule has 0 spiro atoms. The van der Waals surface area contributed by atoms with Crippen LogP contribution in [-0.2, 0) is 16.0 Å². The smallest absolute Gasteiger partial charge is 0.309 e. The summed E-state index contributed by atoms with van der Waals surface area (Å²) < 4.78 is 23.6. The zero-order chi connectivity index (χ0) is 14.7. The molecule has 0 aromatic heterocycles.